The average molecular weight is 340 g/mol. The second kappa shape index (κ2) is 6.12. The number of carbonyl (C=O) groups excluding carboxylic acids is 1. The molecule has 1 amide bonds. The van der Waals surface area contributed by atoms with E-state index in [9.17, 15) is 4.79 Å². The Bertz CT molecular complexity index is 484. The Balaban J connectivity index is 2.03. The highest BCUT2D eigenvalue weighted by molar-refractivity contribution is 9.10. The zero-order valence-corrected chi connectivity index (χ0v) is 13.9. The van der Waals surface area contributed by atoms with Gasteiger partial charge in [-0.15, -0.1) is 0 Å². The molecule has 1 aliphatic heterocycles. The number of carbonyl (C=O) groups is 1. The molecule has 0 aromatic carbocycles. The maximum Gasteiger partial charge on any atom is 0.225 e. The minimum Gasteiger partial charge on any atom is -0.368 e. The van der Waals surface area contributed by atoms with E-state index in [2.05, 4.69) is 31.1 Å². The van der Waals surface area contributed by atoms with Crippen molar-refractivity contribution in [3.63, 3.8) is 0 Å². The van der Waals surface area contributed by atoms with Gasteiger partial charge in [-0.3, -0.25) is 9.78 Å². The van der Waals surface area contributed by atoms with Crippen molar-refractivity contribution in [3.8, 4) is 0 Å². The molecule has 1 aromatic heterocycles. The van der Waals surface area contributed by atoms with Crippen molar-refractivity contribution in [2.24, 2.45) is 5.41 Å². The fourth-order valence-electron chi connectivity index (χ4n) is 2.34. The van der Waals surface area contributed by atoms with Crippen molar-refractivity contribution in [3.05, 3.63) is 22.9 Å². The lowest BCUT2D eigenvalue weighted by Gasteiger charge is -2.36. The number of aromatic nitrogens is 1. The van der Waals surface area contributed by atoms with Crippen molar-refractivity contribution in [2.45, 2.75) is 39.7 Å². The van der Waals surface area contributed by atoms with Gasteiger partial charge in [0.2, 0.25) is 5.91 Å². The molecule has 1 N–H and O–H groups in total. The van der Waals surface area contributed by atoms with Crippen LogP contribution in [0.4, 0.5) is 5.69 Å². The second-order valence-corrected chi connectivity index (χ2v) is 7.19. The van der Waals surface area contributed by atoms with Gasteiger partial charge in [-0.2, -0.15) is 0 Å². The zero-order chi connectivity index (χ0) is 14.8. The molecule has 5 heteroatoms. The highest BCUT2D eigenvalue weighted by atomic mass is 79.9. The third kappa shape index (κ3) is 3.72. The molecule has 0 saturated carbocycles. The second-order valence-electron chi connectivity index (χ2n) is 6.34. The summed E-state index contributed by atoms with van der Waals surface area (Å²) in [6.45, 7) is 7.71. The molecular weight excluding hydrogens is 318 g/mol. The number of hydrogen-bond donors (Lipinski definition) is 1. The van der Waals surface area contributed by atoms with E-state index < -0.39 is 0 Å². The first-order chi connectivity index (χ1) is 9.38. The van der Waals surface area contributed by atoms with Gasteiger partial charge in [-0.05, 0) is 34.8 Å². The average Bonchev–Trinajstić information content (AvgIpc) is 2.38. The monoisotopic (exact) mass is 339 g/mol. The molecule has 2 heterocycles. The number of rotatable bonds is 2. The van der Waals surface area contributed by atoms with Crippen LogP contribution in [0.2, 0.25) is 0 Å². The van der Waals surface area contributed by atoms with E-state index in [1.165, 1.54) is 0 Å². The number of nitrogens with one attached hydrogen (secondary N) is 1. The van der Waals surface area contributed by atoms with Gasteiger partial charge in [0.15, 0.2) is 0 Å². The number of piperidine rings is 1. The van der Waals surface area contributed by atoms with Gasteiger partial charge >= 0.3 is 0 Å². The molecule has 1 fully saturated rings. The molecule has 2 rings (SSSR count). The van der Waals surface area contributed by atoms with Crippen molar-refractivity contribution >= 4 is 27.5 Å². The molecule has 4 nitrogen and oxygen atoms in total. The summed E-state index contributed by atoms with van der Waals surface area (Å²) in [7, 11) is 0. The van der Waals surface area contributed by atoms with Gasteiger partial charge in [0.25, 0.3) is 0 Å². The summed E-state index contributed by atoms with van der Waals surface area (Å²) in [5.74, 6) is 0.123. The Hall–Kier alpha value is -1.10. The maximum absolute atomic E-state index is 12.1. The first kappa shape index (κ1) is 15.3. The lowest BCUT2D eigenvalue weighted by Crippen LogP contribution is -2.50. The van der Waals surface area contributed by atoms with E-state index in [-0.39, 0.29) is 17.4 Å². The molecule has 1 atom stereocenters. The molecule has 1 unspecified atom stereocenters. The first-order valence-corrected chi connectivity index (χ1v) is 7.82. The molecule has 110 valence electrons. The Labute approximate surface area is 129 Å². The highest BCUT2D eigenvalue weighted by Gasteiger charge is 2.27. The van der Waals surface area contributed by atoms with Crippen LogP contribution in [0.1, 0.15) is 33.6 Å². The number of amides is 1. The number of anilines is 1. The molecular formula is C15H22BrN3O. The fraction of sp³-hybridized carbons (Fsp3) is 0.600. The highest BCUT2D eigenvalue weighted by Crippen LogP contribution is 2.27. The van der Waals surface area contributed by atoms with Crippen LogP contribution in [0.25, 0.3) is 0 Å². The Morgan fingerprint density at radius 3 is 2.90 bits per heavy atom. The van der Waals surface area contributed by atoms with Crippen LogP contribution >= 0.6 is 15.9 Å². The standard InChI is InChI=1S/C15H22BrN3O/c1-15(2,3)14(20)18-11-5-4-8-19(10-11)13-6-7-17-9-12(13)16/h6-7,9,11H,4-5,8,10H2,1-3H3,(H,18,20). The largest absolute Gasteiger partial charge is 0.368 e. The van der Waals surface area contributed by atoms with Crippen LogP contribution in [0.5, 0.6) is 0 Å². The molecule has 0 bridgehead atoms. The first-order valence-electron chi connectivity index (χ1n) is 7.03. The van der Waals surface area contributed by atoms with Crippen LogP contribution in [0.3, 0.4) is 0 Å². The van der Waals surface area contributed by atoms with Crippen molar-refractivity contribution < 1.29 is 4.79 Å². The summed E-state index contributed by atoms with van der Waals surface area (Å²) in [5, 5.41) is 3.17. The molecule has 1 aromatic rings. The van der Waals surface area contributed by atoms with E-state index >= 15 is 0 Å². The minimum atomic E-state index is -0.334. The quantitative estimate of drug-likeness (QED) is 0.900. The molecule has 0 radical (unpaired) electrons. The van der Waals surface area contributed by atoms with Gasteiger partial charge < -0.3 is 10.2 Å². The summed E-state index contributed by atoms with van der Waals surface area (Å²) in [6, 6.07) is 2.23. The third-order valence-electron chi connectivity index (χ3n) is 3.53. The van der Waals surface area contributed by atoms with Crippen LogP contribution in [-0.4, -0.2) is 30.0 Å². The molecule has 20 heavy (non-hydrogen) atoms. The summed E-state index contributed by atoms with van der Waals surface area (Å²) in [4.78, 5) is 18.5. The normalized spacial score (nSPS) is 19.8. The van der Waals surface area contributed by atoms with Gasteiger partial charge in [0.1, 0.15) is 0 Å². The van der Waals surface area contributed by atoms with Crippen LogP contribution in [0, 0.1) is 5.41 Å². The fourth-order valence-corrected chi connectivity index (χ4v) is 2.84. The maximum atomic E-state index is 12.1. The van der Waals surface area contributed by atoms with E-state index in [0.29, 0.717) is 0 Å². The van der Waals surface area contributed by atoms with E-state index in [1.54, 1.807) is 6.20 Å². The molecule has 1 aliphatic rings. The van der Waals surface area contributed by atoms with Gasteiger partial charge in [0, 0.05) is 36.9 Å². The summed E-state index contributed by atoms with van der Waals surface area (Å²) in [6.07, 6.45) is 5.75. The zero-order valence-electron chi connectivity index (χ0n) is 12.3. The summed E-state index contributed by atoms with van der Waals surface area (Å²) in [5.41, 5.74) is 0.814. The summed E-state index contributed by atoms with van der Waals surface area (Å²) < 4.78 is 1.00. The Kier molecular flexibility index (Phi) is 4.68. The van der Waals surface area contributed by atoms with E-state index in [0.717, 1.165) is 36.1 Å². The lowest BCUT2D eigenvalue weighted by atomic mass is 9.94. The van der Waals surface area contributed by atoms with Crippen LogP contribution in [-0.2, 0) is 4.79 Å². The Morgan fingerprint density at radius 1 is 1.50 bits per heavy atom. The number of hydrogen-bond acceptors (Lipinski definition) is 3. The molecule has 1 saturated heterocycles. The van der Waals surface area contributed by atoms with E-state index in [4.69, 9.17) is 0 Å². The van der Waals surface area contributed by atoms with E-state index in [1.807, 2.05) is 33.0 Å². The van der Waals surface area contributed by atoms with Gasteiger partial charge in [-0.1, -0.05) is 20.8 Å². The summed E-state index contributed by atoms with van der Waals surface area (Å²) >= 11 is 3.54. The van der Waals surface area contributed by atoms with Gasteiger partial charge in [-0.25, -0.2) is 0 Å². The third-order valence-corrected chi connectivity index (χ3v) is 4.14. The predicted octanol–water partition coefficient (Wildman–Crippen LogP) is 2.98. The minimum absolute atomic E-state index is 0.123. The lowest BCUT2D eigenvalue weighted by molar-refractivity contribution is -0.129. The van der Waals surface area contributed by atoms with Gasteiger partial charge in [0.05, 0.1) is 10.2 Å². The van der Waals surface area contributed by atoms with Crippen LogP contribution in [0.15, 0.2) is 22.9 Å². The number of pyridine rings is 1. The molecule has 0 spiro atoms. The molecule has 0 aliphatic carbocycles. The van der Waals surface area contributed by atoms with Crippen molar-refractivity contribution in [1.82, 2.24) is 10.3 Å². The number of halogens is 1. The van der Waals surface area contributed by atoms with Crippen molar-refractivity contribution in [1.29, 1.82) is 0 Å². The SMILES string of the molecule is CC(C)(C)C(=O)NC1CCCN(c2ccncc2Br)C1. The topological polar surface area (TPSA) is 45.2 Å². The van der Waals surface area contributed by atoms with Crippen molar-refractivity contribution in [2.75, 3.05) is 18.0 Å². The predicted molar refractivity (Wildman–Crippen MR) is 84.8 cm³/mol. The smallest absolute Gasteiger partial charge is 0.225 e. The van der Waals surface area contributed by atoms with Crippen LogP contribution < -0.4 is 10.2 Å². The Morgan fingerprint density at radius 2 is 2.25 bits per heavy atom. The number of nitrogens with zero attached hydrogens (tertiary/aromatic N) is 2.